The van der Waals surface area contributed by atoms with Crippen molar-refractivity contribution in [2.24, 2.45) is 5.92 Å². The van der Waals surface area contributed by atoms with E-state index in [1.54, 1.807) is 0 Å². The monoisotopic (exact) mass is 276 g/mol. The first kappa shape index (κ1) is 14.9. The molecule has 1 fully saturated rings. The van der Waals surface area contributed by atoms with E-state index in [2.05, 4.69) is 6.92 Å². The molecule has 1 aromatic rings. The zero-order chi connectivity index (χ0) is 14.5. The molecule has 4 nitrogen and oxygen atoms in total. The molecule has 20 heavy (non-hydrogen) atoms. The van der Waals surface area contributed by atoms with Crippen molar-refractivity contribution in [1.82, 2.24) is 4.90 Å². The van der Waals surface area contributed by atoms with Gasteiger partial charge < -0.3 is 15.4 Å². The predicted octanol–water partition coefficient (Wildman–Crippen LogP) is 2.43. The number of benzene rings is 1. The second-order valence-corrected chi connectivity index (χ2v) is 5.31. The van der Waals surface area contributed by atoms with E-state index in [0.29, 0.717) is 19.7 Å². The molecule has 1 heterocycles. The number of nitrogens with zero attached hydrogens (tertiary/aromatic N) is 1. The Bertz CT molecular complexity index is 462. The molecule has 0 saturated carbocycles. The molecule has 1 amide bonds. The van der Waals surface area contributed by atoms with Crippen molar-refractivity contribution in [3.05, 3.63) is 29.8 Å². The van der Waals surface area contributed by atoms with E-state index in [-0.39, 0.29) is 17.9 Å². The quantitative estimate of drug-likeness (QED) is 0.840. The van der Waals surface area contributed by atoms with E-state index in [4.69, 9.17) is 10.5 Å². The average molecular weight is 276 g/mol. The van der Waals surface area contributed by atoms with Crippen molar-refractivity contribution in [3.8, 4) is 0 Å². The van der Waals surface area contributed by atoms with Crippen molar-refractivity contribution in [2.45, 2.75) is 39.3 Å². The van der Waals surface area contributed by atoms with Crippen LogP contribution in [0.5, 0.6) is 0 Å². The highest BCUT2D eigenvalue weighted by atomic mass is 16.5. The van der Waals surface area contributed by atoms with Gasteiger partial charge in [-0.1, -0.05) is 19.1 Å². The third kappa shape index (κ3) is 3.31. The van der Waals surface area contributed by atoms with Gasteiger partial charge in [0, 0.05) is 25.4 Å². The van der Waals surface area contributed by atoms with Crippen LogP contribution in [0.3, 0.4) is 0 Å². The van der Waals surface area contributed by atoms with Gasteiger partial charge in [-0.25, -0.2) is 0 Å². The van der Waals surface area contributed by atoms with Crippen molar-refractivity contribution in [2.75, 3.05) is 18.9 Å². The number of hydrogen-bond donors (Lipinski definition) is 1. The molecule has 110 valence electrons. The van der Waals surface area contributed by atoms with Crippen molar-refractivity contribution >= 4 is 11.6 Å². The first-order chi connectivity index (χ1) is 9.65. The molecule has 0 bridgehead atoms. The summed E-state index contributed by atoms with van der Waals surface area (Å²) >= 11 is 0. The molecule has 2 atom stereocenters. The summed E-state index contributed by atoms with van der Waals surface area (Å²) in [4.78, 5) is 14.5. The fraction of sp³-hybridized carbons (Fsp3) is 0.562. The smallest absolute Gasteiger partial charge is 0.228 e. The Morgan fingerprint density at radius 3 is 2.90 bits per heavy atom. The number of carbonyl (C=O) groups excluding carboxylic acids is 1. The second kappa shape index (κ2) is 6.75. The van der Waals surface area contributed by atoms with Crippen LogP contribution in [-0.4, -0.2) is 30.1 Å². The molecule has 1 saturated heterocycles. The third-order valence-corrected chi connectivity index (χ3v) is 3.95. The van der Waals surface area contributed by atoms with Gasteiger partial charge in [-0.05, 0) is 37.5 Å². The highest BCUT2D eigenvalue weighted by Crippen LogP contribution is 2.26. The van der Waals surface area contributed by atoms with Crippen LogP contribution in [0.15, 0.2) is 24.3 Å². The number of ether oxygens (including phenoxy) is 1. The van der Waals surface area contributed by atoms with E-state index >= 15 is 0 Å². The van der Waals surface area contributed by atoms with Crippen molar-refractivity contribution < 1.29 is 9.53 Å². The van der Waals surface area contributed by atoms with Gasteiger partial charge in [0.25, 0.3) is 0 Å². The third-order valence-electron chi connectivity index (χ3n) is 3.95. The Balaban J connectivity index is 2.06. The molecule has 1 aliphatic rings. The summed E-state index contributed by atoms with van der Waals surface area (Å²) in [5.41, 5.74) is 7.61. The predicted molar refractivity (Wildman–Crippen MR) is 80.1 cm³/mol. The molecular formula is C16H24N2O2. The van der Waals surface area contributed by atoms with Gasteiger partial charge in [-0.15, -0.1) is 0 Å². The lowest BCUT2D eigenvalue weighted by molar-refractivity contribution is -0.137. The highest BCUT2D eigenvalue weighted by Gasteiger charge is 2.35. The van der Waals surface area contributed by atoms with Crippen LogP contribution in [0.4, 0.5) is 5.69 Å². The number of rotatable bonds is 5. The molecule has 0 radical (unpaired) electrons. The zero-order valence-corrected chi connectivity index (χ0v) is 12.3. The number of hydrogen-bond acceptors (Lipinski definition) is 3. The van der Waals surface area contributed by atoms with Crippen LogP contribution in [0, 0.1) is 5.92 Å². The Labute approximate surface area is 120 Å². The van der Waals surface area contributed by atoms with E-state index < -0.39 is 0 Å². The van der Waals surface area contributed by atoms with E-state index in [9.17, 15) is 4.79 Å². The fourth-order valence-corrected chi connectivity index (χ4v) is 2.83. The second-order valence-electron chi connectivity index (χ2n) is 5.31. The van der Waals surface area contributed by atoms with Gasteiger partial charge >= 0.3 is 0 Å². The van der Waals surface area contributed by atoms with Gasteiger partial charge in [0.1, 0.15) is 0 Å². The van der Waals surface area contributed by atoms with Crippen LogP contribution in [0.2, 0.25) is 0 Å². The molecule has 2 unspecified atom stereocenters. The standard InChI is InChI=1S/C16H24N2O2/c1-3-15-14(8-9-20-15)16(19)18(4-2)11-12-6-5-7-13(17)10-12/h5-7,10,14-15H,3-4,8-9,11,17H2,1-2H3. The molecule has 0 aliphatic carbocycles. The Kier molecular flexibility index (Phi) is 5.01. The summed E-state index contributed by atoms with van der Waals surface area (Å²) in [7, 11) is 0. The topological polar surface area (TPSA) is 55.6 Å². The number of anilines is 1. The minimum atomic E-state index is 0.0148. The van der Waals surface area contributed by atoms with E-state index in [0.717, 1.165) is 24.1 Å². The van der Waals surface area contributed by atoms with Crippen LogP contribution in [0.1, 0.15) is 32.3 Å². The van der Waals surface area contributed by atoms with Gasteiger partial charge in [-0.3, -0.25) is 4.79 Å². The lowest BCUT2D eigenvalue weighted by Gasteiger charge is -2.26. The summed E-state index contributed by atoms with van der Waals surface area (Å²) in [6.45, 7) is 6.12. The van der Waals surface area contributed by atoms with Crippen LogP contribution >= 0.6 is 0 Å². The average Bonchev–Trinajstić information content (AvgIpc) is 2.92. The number of carbonyl (C=O) groups is 1. The van der Waals surface area contributed by atoms with Crippen LogP contribution in [-0.2, 0) is 16.1 Å². The Hall–Kier alpha value is -1.55. The summed E-state index contributed by atoms with van der Waals surface area (Å²) in [6.07, 6.45) is 1.81. The summed E-state index contributed by atoms with van der Waals surface area (Å²) in [5, 5.41) is 0. The van der Waals surface area contributed by atoms with Gasteiger partial charge in [0.2, 0.25) is 5.91 Å². The molecule has 2 rings (SSSR count). The molecule has 0 spiro atoms. The van der Waals surface area contributed by atoms with Gasteiger partial charge in [0.15, 0.2) is 0 Å². The molecule has 2 N–H and O–H groups in total. The van der Waals surface area contributed by atoms with Crippen molar-refractivity contribution in [1.29, 1.82) is 0 Å². The van der Waals surface area contributed by atoms with Crippen LogP contribution < -0.4 is 5.73 Å². The lowest BCUT2D eigenvalue weighted by atomic mass is 9.97. The van der Waals surface area contributed by atoms with E-state index in [1.807, 2.05) is 36.1 Å². The first-order valence-electron chi connectivity index (χ1n) is 7.40. The van der Waals surface area contributed by atoms with Gasteiger partial charge in [0.05, 0.1) is 12.0 Å². The SMILES string of the molecule is CCC1OCCC1C(=O)N(CC)Cc1cccc(N)c1. The normalized spacial score (nSPS) is 21.9. The Morgan fingerprint density at radius 1 is 1.45 bits per heavy atom. The maximum atomic E-state index is 12.6. The Morgan fingerprint density at radius 2 is 2.25 bits per heavy atom. The maximum Gasteiger partial charge on any atom is 0.228 e. The fourth-order valence-electron chi connectivity index (χ4n) is 2.83. The van der Waals surface area contributed by atoms with E-state index in [1.165, 1.54) is 0 Å². The van der Waals surface area contributed by atoms with Crippen LogP contribution in [0.25, 0.3) is 0 Å². The first-order valence-corrected chi connectivity index (χ1v) is 7.40. The zero-order valence-electron chi connectivity index (χ0n) is 12.3. The molecule has 1 aromatic carbocycles. The lowest BCUT2D eigenvalue weighted by Crippen LogP contribution is -2.38. The summed E-state index contributed by atoms with van der Waals surface area (Å²) in [5.74, 6) is 0.222. The van der Waals surface area contributed by atoms with Crippen molar-refractivity contribution in [3.63, 3.8) is 0 Å². The maximum absolute atomic E-state index is 12.6. The highest BCUT2D eigenvalue weighted by molar-refractivity contribution is 5.79. The minimum absolute atomic E-state index is 0.0148. The molecule has 4 heteroatoms. The number of nitrogen functional groups attached to an aromatic ring is 1. The van der Waals surface area contributed by atoms with Gasteiger partial charge in [-0.2, -0.15) is 0 Å². The number of amides is 1. The number of nitrogens with two attached hydrogens (primary N) is 1. The molecule has 1 aliphatic heterocycles. The molecular weight excluding hydrogens is 252 g/mol. The largest absolute Gasteiger partial charge is 0.399 e. The molecule has 0 aromatic heterocycles. The summed E-state index contributed by atoms with van der Waals surface area (Å²) < 4.78 is 5.63. The summed E-state index contributed by atoms with van der Waals surface area (Å²) in [6, 6.07) is 7.73. The minimum Gasteiger partial charge on any atom is -0.399 e.